The van der Waals surface area contributed by atoms with E-state index < -0.39 is 5.97 Å². The molecule has 2 aromatic carbocycles. The van der Waals surface area contributed by atoms with Gasteiger partial charge in [-0.3, -0.25) is 9.78 Å². The van der Waals surface area contributed by atoms with E-state index in [-0.39, 0.29) is 17.7 Å². The van der Waals surface area contributed by atoms with E-state index >= 15 is 0 Å². The maximum absolute atomic E-state index is 13.1. The molecule has 0 spiro atoms. The van der Waals surface area contributed by atoms with Gasteiger partial charge in [0.05, 0.1) is 24.1 Å². The van der Waals surface area contributed by atoms with Crippen LogP contribution >= 0.6 is 23.4 Å². The molecule has 0 atom stereocenters. The van der Waals surface area contributed by atoms with E-state index in [0.717, 1.165) is 91.0 Å². The molecular weight excluding hydrogens is 511 g/mol. The fourth-order valence-electron chi connectivity index (χ4n) is 5.32. The Morgan fingerprint density at radius 3 is 2.65 bits per heavy atom. The number of nitrogens with zero attached hydrogens (tertiary/aromatic N) is 2. The van der Waals surface area contributed by atoms with E-state index in [2.05, 4.69) is 9.88 Å². The van der Waals surface area contributed by atoms with Gasteiger partial charge in [-0.15, -0.1) is 11.8 Å². The molecule has 0 amide bonds. The van der Waals surface area contributed by atoms with E-state index in [1.54, 1.807) is 25.1 Å². The summed E-state index contributed by atoms with van der Waals surface area (Å²) in [6, 6.07) is 12.4. The summed E-state index contributed by atoms with van der Waals surface area (Å²) in [7, 11) is 1.64. The second-order valence-corrected chi connectivity index (χ2v) is 11.5. The highest BCUT2D eigenvalue weighted by Gasteiger charge is 2.36. The van der Waals surface area contributed by atoms with Crippen molar-refractivity contribution in [3.8, 4) is 5.75 Å². The Bertz CT molecular complexity index is 1200. The Hall–Kier alpha value is -2.35. The second-order valence-electron chi connectivity index (χ2n) is 9.89. The van der Waals surface area contributed by atoms with Crippen LogP contribution in [-0.4, -0.2) is 53.5 Å². The first-order chi connectivity index (χ1) is 17.9. The lowest BCUT2D eigenvalue weighted by Crippen LogP contribution is -2.41. The van der Waals surface area contributed by atoms with Gasteiger partial charge in [-0.2, -0.15) is 0 Å². The highest BCUT2D eigenvalue weighted by Crippen LogP contribution is 2.41. The number of likely N-dealkylation sites (tertiary alicyclic amines) is 1. The van der Waals surface area contributed by atoms with Crippen molar-refractivity contribution < 1.29 is 19.0 Å². The summed E-state index contributed by atoms with van der Waals surface area (Å²) >= 11 is 8.29. The molecule has 8 heteroatoms. The van der Waals surface area contributed by atoms with Crippen molar-refractivity contribution in [2.75, 3.05) is 32.5 Å². The van der Waals surface area contributed by atoms with Gasteiger partial charge in [0.2, 0.25) is 0 Å². The van der Waals surface area contributed by atoms with Crippen LogP contribution in [-0.2, 0) is 11.2 Å². The van der Waals surface area contributed by atoms with Crippen LogP contribution in [0.15, 0.2) is 53.6 Å². The predicted octanol–water partition coefficient (Wildman–Crippen LogP) is 7.10. The van der Waals surface area contributed by atoms with Gasteiger partial charge in [0.25, 0.3) is 0 Å². The van der Waals surface area contributed by atoms with Crippen molar-refractivity contribution in [1.29, 1.82) is 0 Å². The molecule has 198 valence electrons. The molecule has 1 saturated heterocycles. The first-order valence-corrected chi connectivity index (χ1v) is 14.2. The monoisotopic (exact) mass is 544 g/mol. The van der Waals surface area contributed by atoms with Crippen LogP contribution in [0.2, 0.25) is 5.02 Å². The maximum Gasteiger partial charge on any atom is 0.303 e. The standard InChI is InChI=1S/C29H34ClFN2O3S/c1-36-22-7-10-27-25(18-22)24(26(30)20-32-27)4-2-11-29(19-28(34)35)12-15-33(16-13-29)14-3-17-37-23-8-5-21(31)6-9-23/h5-10,18,20H,2-4,11-17,19H2,1H3,(H,34,35). The molecule has 2 heterocycles. The topological polar surface area (TPSA) is 62.7 Å². The van der Waals surface area contributed by atoms with Gasteiger partial charge in [-0.1, -0.05) is 11.6 Å². The Balaban J connectivity index is 1.30. The van der Waals surface area contributed by atoms with Crippen LogP contribution in [0.4, 0.5) is 4.39 Å². The van der Waals surface area contributed by atoms with E-state index in [4.69, 9.17) is 16.3 Å². The van der Waals surface area contributed by atoms with E-state index in [9.17, 15) is 14.3 Å². The van der Waals surface area contributed by atoms with Gasteiger partial charge in [0.15, 0.2) is 0 Å². The highest BCUT2D eigenvalue weighted by atomic mass is 35.5. The zero-order valence-electron chi connectivity index (χ0n) is 21.2. The molecule has 3 aromatic rings. The Labute approximate surface area is 227 Å². The molecule has 0 aliphatic carbocycles. The number of methoxy groups -OCH3 is 1. The number of piperidine rings is 1. The maximum atomic E-state index is 13.1. The number of aromatic nitrogens is 1. The Morgan fingerprint density at radius 1 is 1.19 bits per heavy atom. The largest absolute Gasteiger partial charge is 0.497 e. The van der Waals surface area contributed by atoms with E-state index in [1.165, 1.54) is 12.1 Å². The summed E-state index contributed by atoms with van der Waals surface area (Å²) < 4.78 is 18.5. The predicted molar refractivity (Wildman–Crippen MR) is 148 cm³/mol. The van der Waals surface area contributed by atoms with E-state index in [0.29, 0.717) is 5.02 Å². The molecule has 0 radical (unpaired) electrons. The summed E-state index contributed by atoms with van der Waals surface area (Å²) in [5, 5.41) is 11.3. The van der Waals surface area contributed by atoms with Gasteiger partial charge in [0.1, 0.15) is 11.6 Å². The molecule has 1 aromatic heterocycles. The summed E-state index contributed by atoms with van der Waals surface area (Å²) in [5.41, 5.74) is 1.75. The van der Waals surface area contributed by atoms with Gasteiger partial charge in [0, 0.05) is 16.5 Å². The van der Waals surface area contributed by atoms with Crippen molar-refractivity contribution in [1.82, 2.24) is 9.88 Å². The number of carboxylic acid groups (broad SMARTS) is 1. The number of pyridine rings is 1. The van der Waals surface area contributed by atoms with Crippen LogP contribution in [0.25, 0.3) is 10.9 Å². The number of benzene rings is 2. The van der Waals surface area contributed by atoms with Crippen LogP contribution in [0.1, 0.15) is 44.1 Å². The molecule has 0 saturated carbocycles. The number of aryl methyl sites for hydroxylation is 1. The SMILES string of the molecule is COc1ccc2ncc(Cl)c(CCCC3(CC(=O)O)CCN(CCCSc4ccc(F)cc4)CC3)c2c1. The number of thioether (sulfide) groups is 1. The third-order valence-electron chi connectivity index (χ3n) is 7.41. The van der Waals surface area contributed by atoms with Crippen LogP contribution in [0.5, 0.6) is 5.75 Å². The van der Waals surface area contributed by atoms with Gasteiger partial charge < -0.3 is 14.7 Å². The van der Waals surface area contributed by atoms with Crippen LogP contribution in [0, 0.1) is 11.2 Å². The molecule has 1 fully saturated rings. The molecule has 0 bridgehead atoms. The minimum atomic E-state index is -0.721. The average molecular weight is 545 g/mol. The number of carboxylic acids is 1. The molecule has 4 rings (SSSR count). The second kappa shape index (κ2) is 12.9. The van der Waals surface area contributed by atoms with Crippen molar-refractivity contribution in [2.45, 2.75) is 49.8 Å². The number of carbonyl (C=O) groups is 1. The molecule has 1 aliphatic rings. The fourth-order valence-corrected chi connectivity index (χ4v) is 6.40. The Kier molecular flexibility index (Phi) is 9.68. The summed E-state index contributed by atoms with van der Waals surface area (Å²) in [4.78, 5) is 19.7. The normalized spacial score (nSPS) is 15.6. The zero-order valence-corrected chi connectivity index (χ0v) is 22.8. The number of halogens is 2. The summed E-state index contributed by atoms with van der Waals surface area (Å²) in [6.45, 7) is 2.84. The van der Waals surface area contributed by atoms with Crippen molar-refractivity contribution in [3.05, 3.63) is 65.1 Å². The molecule has 37 heavy (non-hydrogen) atoms. The molecule has 1 N–H and O–H groups in total. The van der Waals surface area contributed by atoms with Crippen molar-refractivity contribution >= 4 is 40.2 Å². The number of hydrogen-bond donors (Lipinski definition) is 1. The first-order valence-electron chi connectivity index (χ1n) is 12.8. The fraction of sp³-hybridized carbons (Fsp3) is 0.448. The lowest BCUT2D eigenvalue weighted by Gasteiger charge is -2.41. The number of aliphatic carboxylic acids is 1. The van der Waals surface area contributed by atoms with Crippen molar-refractivity contribution in [3.63, 3.8) is 0 Å². The molecule has 0 unspecified atom stereocenters. The number of hydrogen-bond acceptors (Lipinski definition) is 5. The highest BCUT2D eigenvalue weighted by molar-refractivity contribution is 7.99. The van der Waals surface area contributed by atoms with Gasteiger partial charge in [-0.05, 0) is 117 Å². The summed E-state index contributed by atoms with van der Waals surface area (Å²) in [5.74, 6) is 0.818. The van der Waals surface area contributed by atoms with Crippen molar-refractivity contribution in [2.24, 2.45) is 5.41 Å². The smallest absolute Gasteiger partial charge is 0.303 e. The third kappa shape index (κ3) is 7.59. The Morgan fingerprint density at radius 2 is 1.95 bits per heavy atom. The quantitative estimate of drug-likeness (QED) is 0.194. The number of rotatable bonds is 12. The van der Waals surface area contributed by atoms with Crippen LogP contribution < -0.4 is 4.74 Å². The minimum Gasteiger partial charge on any atom is -0.497 e. The zero-order chi connectivity index (χ0) is 26.3. The first kappa shape index (κ1) is 27.7. The lowest BCUT2D eigenvalue weighted by atomic mass is 9.72. The number of ether oxygens (including phenoxy) is 1. The van der Waals surface area contributed by atoms with Gasteiger partial charge in [-0.25, -0.2) is 4.39 Å². The molecule has 1 aliphatic heterocycles. The minimum absolute atomic E-state index is 0.182. The molecule has 5 nitrogen and oxygen atoms in total. The number of fused-ring (bicyclic) bond motifs is 1. The van der Waals surface area contributed by atoms with Crippen LogP contribution in [0.3, 0.4) is 0 Å². The van der Waals surface area contributed by atoms with Gasteiger partial charge >= 0.3 is 5.97 Å². The molecular formula is C29H34ClFN2O3S. The lowest BCUT2D eigenvalue weighted by molar-refractivity contribution is -0.140. The average Bonchev–Trinajstić information content (AvgIpc) is 2.89. The van der Waals surface area contributed by atoms with E-state index in [1.807, 2.05) is 30.3 Å². The summed E-state index contributed by atoms with van der Waals surface area (Å²) in [6.07, 6.45) is 7.24. The third-order valence-corrected chi connectivity index (χ3v) is 8.84.